The maximum Gasteiger partial charge on any atom is 0.142 e. The van der Waals surface area contributed by atoms with E-state index in [0.717, 1.165) is 10.0 Å². The highest BCUT2D eigenvalue weighted by atomic mass is 79.9. The van der Waals surface area contributed by atoms with Gasteiger partial charge in [-0.05, 0) is 52.7 Å². The fraction of sp³-hybridized carbons (Fsp3) is 0.647. The van der Waals surface area contributed by atoms with Gasteiger partial charge < -0.3 is 14.6 Å². The summed E-state index contributed by atoms with van der Waals surface area (Å²) in [6.45, 7) is 8.49. The largest absolute Gasteiger partial charge is 0.495 e. The van der Waals surface area contributed by atoms with E-state index in [4.69, 9.17) is 9.47 Å². The predicted molar refractivity (Wildman–Crippen MR) is 90.1 cm³/mol. The van der Waals surface area contributed by atoms with E-state index in [1.54, 1.807) is 14.2 Å². The second kappa shape index (κ2) is 7.50. The van der Waals surface area contributed by atoms with Crippen molar-refractivity contribution in [3.05, 3.63) is 22.2 Å². The lowest BCUT2D eigenvalue weighted by molar-refractivity contribution is -0.00651. The molecule has 120 valence electrons. The van der Waals surface area contributed by atoms with E-state index in [-0.39, 0.29) is 0 Å². The summed E-state index contributed by atoms with van der Waals surface area (Å²) in [5, 5.41) is 11.3. The molecule has 0 saturated carbocycles. The molecule has 1 N–H and O–H groups in total. The molecular formula is C17H27BrO3. The lowest BCUT2D eigenvalue weighted by atomic mass is 9.79. The third-order valence-electron chi connectivity index (χ3n) is 3.48. The summed E-state index contributed by atoms with van der Waals surface area (Å²) in [5.41, 5.74) is -0.0808. The van der Waals surface area contributed by atoms with Crippen LogP contribution in [0.5, 0.6) is 11.5 Å². The fourth-order valence-corrected chi connectivity index (χ4v) is 3.59. The number of benzene rings is 1. The lowest BCUT2D eigenvalue weighted by Crippen LogP contribution is -2.30. The van der Waals surface area contributed by atoms with Crippen LogP contribution >= 0.6 is 15.9 Å². The van der Waals surface area contributed by atoms with Crippen LogP contribution in [0, 0.1) is 11.8 Å². The summed E-state index contributed by atoms with van der Waals surface area (Å²) in [4.78, 5) is 0. The number of halogens is 1. The van der Waals surface area contributed by atoms with Gasteiger partial charge >= 0.3 is 0 Å². The molecule has 21 heavy (non-hydrogen) atoms. The molecule has 0 unspecified atom stereocenters. The lowest BCUT2D eigenvalue weighted by Gasteiger charge is -2.33. The third kappa shape index (κ3) is 4.36. The van der Waals surface area contributed by atoms with Crippen molar-refractivity contribution in [3.63, 3.8) is 0 Å². The number of rotatable bonds is 7. The summed E-state index contributed by atoms with van der Waals surface area (Å²) in [5.74, 6) is 2.13. The van der Waals surface area contributed by atoms with Gasteiger partial charge in [-0.25, -0.2) is 0 Å². The molecule has 1 aromatic rings. The fourth-order valence-electron chi connectivity index (χ4n) is 2.92. The van der Waals surface area contributed by atoms with Crippen molar-refractivity contribution in [1.82, 2.24) is 0 Å². The van der Waals surface area contributed by atoms with Crippen molar-refractivity contribution in [2.24, 2.45) is 11.8 Å². The Bertz CT molecular complexity index is 459. The molecule has 4 heteroatoms. The van der Waals surface area contributed by atoms with Crippen molar-refractivity contribution in [2.75, 3.05) is 14.2 Å². The maximum atomic E-state index is 11.3. The van der Waals surface area contributed by atoms with E-state index in [9.17, 15) is 5.11 Å². The van der Waals surface area contributed by atoms with Crippen molar-refractivity contribution >= 4 is 15.9 Å². The molecule has 0 spiro atoms. The predicted octanol–water partition coefficient (Wildman–Crippen LogP) is 4.75. The molecule has 0 radical (unpaired) electrons. The van der Waals surface area contributed by atoms with Crippen LogP contribution in [0.1, 0.15) is 46.1 Å². The minimum atomic E-state index is -0.900. The van der Waals surface area contributed by atoms with Gasteiger partial charge in [0.1, 0.15) is 16.0 Å². The van der Waals surface area contributed by atoms with E-state index in [0.29, 0.717) is 36.2 Å². The minimum Gasteiger partial charge on any atom is -0.495 e. The van der Waals surface area contributed by atoms with E-state index < -0.39 is 5.60 Å². The van der Waals surface area contributed by atoms with Crippen LogP contribution in [0.4, 0.5) is 0 Å². The first-order valence-electron chi connectivity index (χ1n) is 7.38. The van der Waals surface area contributed by atoms with E-state index >= 15 is 0 Å². The number of hydrogen-bond acceptors (Lipinski definition) is 3. The Morgan fingerprint density at radius 1 is 1.05 bits per heavy atom. The van der Waals surface area contributed by atoms with Crippen LogP contribution in [-0.2, 0) is 5.60 Å². The molecule has 0 aliphatic heterocycles. The maximum absolute atomic E-state index is 11.3. The molecule has 3 nitrogen and oxygen atoms in total. The van der Waals surface area contributed by atoms with Crippen molar-refractivity contribution in [2.45, 2.75) is 46.1 Å². The van der Waals surface area contributed by atoms with Crippen LogP contribution in [0.2, 0.25) is 0 Å². The van der Waals surface area contributed by atoms with Crippen molar-refractivity contribution in [1.29, 1.82) is 0 Å². The number of methoxy groups -OCH3 is 2. The molecule has 0 saturated heterocycles. The highest BCUT2D eigenvalue weighted by Crippen LogP contribution is 2.45. The van der Waals surface area contributed by atoms with Gasteiger partial charge in [-0.1, -0.05) is 27.7 Å². The molecule has 1 aromatic carbocycles. The Hall–Kier alpha value is -0.740. The summed E-state index contributed by atoms with van der Waals surface area (Å²) in [7, 11) is 3.24. The smallest absolute Gasteiger partial charge is 0.142 e. The second-order valence-electron chi connectivity index (χ2n) is 6.39. The van der Waals surface area contributed by atoms with E-state index in [2.05, 4.69) is 43.6 Å². The van der Waals surface area contributed by atoms with Gasteiger partial charge in [-0.15, -0.1) is 0 Å². The summed E-state index contributed by atoms with van der Waals surface area (Å²) in [6.07, 6.45) is 1.39. The van der Waals surface area contributed by atoms with Crippen LogP contribution in [0.3, 0.4) is 0 Å². The molecule has 1 rings (SSSR count). The second-order valence-corrected chi connectivity index (χ2v) is 7.18. The first-order chi connectivity index (χ1) is 9.75. The normalized spacial score (nSPS) is 12.1. The zero-order valence-corrected chi connectivity index (χ0v) is 15.5. The van der Waals surface area contributed by atoms with Crippen LogP contribution < -0.4 is 9.47 Å². The molecular weight excluding hydrogens is 332 g/mol. The molecule has 0 amide bonds. The third-order valence-corrected chi connectivity index (χ3v) is 4.23. The minimum absolute atomic E-state index is 0.388. The Labute approximate surface area is 136 Å². The number of hydrogen-bond donors (Lipinski definition) is 1. The molecule has 0 atom stereocenters. The average Bonchev–Trinajstić information content (AvgIpc) is 2.36. The van der Waals surface area contributed by atoms with Gasteiger partial charge in [-0.3, -0.25) is 0 Å². The Morgan fingerprint density at radius 3 is 1.95 bits per heavy atom. The molecule has 0 bridgehead atoms. The molecule has 0 aliphatic carbocycles. The van der Waals surface area contributed by atoms with Crippen LogP contribution in [0.15, 0.2) is 16.6 Å². The van der Waals surface area contributed by atoms with Crippen LogP contribution in [0.25, 0.3) is 0 Å². The zero-order valence-electron chi connectivity index (χ0n) is 13.9. The Balaban J connectivity index is 3.40. The highest BCUT2D eigenvalue weighted by molar-refractivity contribution is 9.10. The van der Waals surface area contributed by atoms with Crippen LogP contribution in [-0.4, -0.2) is 19.3 Å². The Kier molecular flexibility index (Phi) is 6.54. The average molecular weight is 359 g/mol. The van der Waals surface area contributed by atoms with Crippen molar-refractivity contribution < 1.29 is 14.6 Å². The molecule has 0 heterocycles. The van der Waals surface area contributed by atoms with Gasteiger partial charge in [0.05, 0.1) is 19.8 Å². The SMILES string of the molecule is COc1ccc(C(O)(CC(C)C)CC(C)C)c(OC)c1Br. The van der Waals surface area contributed by atoms with Gasteiger partial charge in [0, 0.05) is 5.56 Å². The van der Waals surface area contributed by atoms with E-state index in [1.807, 2.05) is 12.1 Å². The van der Waals surface area contributed by atoms with E-state index in [1.165, 1.54) is 0 Å². The summed E-state index contributed by atoms with van der Waals surface area (Å²) < 4.78 is 11.6. The summed E-state index contributed by atoms with van der Waals surface area (Å²) >= 11 is 3.52. The number of ether oxygens (including phenoxy) is 2. The molecule has 0 fully saturated rings. The zero-order chi connectivity index (χ0) is 16.2. The first kappa shape index (κ1) is 18.3. The highest BCUT2D eigenvalue weighted by Gasteiger charge is 2.35. The quantitative estimate of drug-likeness (QED) is 0.764. The summed E-state index contributed by atoms with van der Waals surface area (Å²) in [6, 6.07) is 3.78. The monoisotopic (exact) mass is 358 g/mol. The van der Waals surface area contributed by atoms with Gasteiger partial charge in [0.15, 0.2) is 0 Å². The van der Waals surface area contributed by atoms with Gasteiger partial charge in [-0.2, -0.15) is 0 Å². The van der Waals surface area contributed by atoms with Crippen molar-refractivity contribution in [3.8, 4) is 11.5 Å². The molecule has 0 aromatic heterocycles. The topological polar surface area (TPSA) is 38.7 Å². The number of aliphatic hydroxyl groups is 1. The standard InChI is InChI=1S/C17H27BrO3/c1-11(2)9-17(19,10-12(3)4)13-7-8-14(20-5)15(18)16(13)21-6/h7-8,11-12,19H,9-10H2,1-6H3. The van der Waals surface area contributed by atoms with Gasteiger partial charge in [0.25, 0.3) is 0 Å². The van der Waals surface area contributed by atoms with Gasteiger partial charge in [0.2, 0.25) is 0 Å². The molecule has 0 aliphatic rings. The first-order valence-corrected chi connectivity index (χ1v) is 8.17. The Morgan fingerprint density at radius 2 is 1.57 bits per heavy atom.